The normalized spacial score (nSPS) is 15.1. The number of anilines is 1. The maximum absolute atomic E-state index is 12.4. The third kappa shape index (κ3) is 3.41. The summed E-state index contributed by atoms with van der Waals surface area (Å²) in [7, 11) is 0. The Bertz CT molecular complexity index is 893. The van der Waals surface area contributed by atoms with Crippen molar-refractivity contribution in [1.29, 1.82) is 0 Å². The van der Waals surface area contributed by atoms with Gasteiger partial charge in [0.1, 0.15) is 0 Å². The number of rotatable bonds is 3. The van der Waals surface area contributed by atoms with Crippen molar-refractivity contribution in [3.05, 3.63) is 45.6 Å². The zero-order valence-electron chi connectivity index (χ0n) is 14.5. The first-order valence-electron chi connectivity index (χ1n) is 8.53. The molecule has 3 aromatic rings. The molecule has 1 amide bonds. The predicted molar refractivity (Wildman–Crippen MR) is 106 cm³/mol. The van der Waals surface area contributed by atoms with Gasteiger partial charge in [-0.15, -0.1) is 11.3 Å². The molecule has 4 rings (SSSR count). The lowest BCUT2D eigenvalue weighted by atomic mass is 10.1. The second-order valence-electron chi connectivity index (χ2n) is 6.55. The highest BCUT2D eigenvalue weighted by atomic mass is 32.1. The van der Waals surface area contributed by atoms with Gasteiger partial charge in [0, 0.05) is 31.1 Å². The molecule has 0 radical (unpaired) electrons. The van der Waals surface area contributed by atoms with Crippen LogP contribution in [0.4, 0.5) is 5.13 Å². The van der Waals surface area contributed by atoms with Gasteiger partial charge in [-0.2, -0.15) is 0 Å². The molecule has 0 bridgehead atoms. The maximum atomic E-state index is 12.4. The van der Waals surface area contributed by atoms with E-state index in [-0.39, 0.29) is 5.91 Å². The van der Waals surface area contributed by atoms with Crippen molar-refractivity contribution in [3.8, 4) is 0 Å². The molecule has 0 saturated carbocycles. The quantitative estimate of drug-likeness (QED) is 0.701. The monoisotopic (exact) mass is 371 g/mol. The Morgan fingerprint density at radius 3 is 2.72 bits per heavy atom. The molecule has 2 aromatic heterocycles. The van der Waals surface area contributed by atoms with Crippen molar-refractivity contribution in [3.63, 3.8) is 0 Å². The summed E-state index contributed by atoms with van der Waals surface area (Å²) < 4.78 is 1.25. The number of amides is 1. The molecular formula is C19H21N3OS2. The summed E-state index contributed by atoms with van der Waals surface area (Å²) in [6.45, 7) is 7.52. The molecule has 6 heteroatoms. The first-order chi connectivity index (χ1) is 12.1. The molecule has 1 aliphatic heterocycles. The van der Waals surface area contributed by atoms with Gasteiger partial charge in [-0.25, -0.2) is 4.98 Å². The zero-order valence-corrected chi connectivity index (χ0v) is 16.1. The molecule has 1 aliphatic rings. The van der Waals surface area contributed by atoms with Crippen LogP contribution in [-0.4, -0.2) is 42.0 Å². The van der Waals surface area contributed by atoms with Crippen LogP contribution < -0.4 is 4.90 Å². The van der Waals surface area contributed by atoms with Crippen molar-refractivity contribution in [2.45, 2.75) is 20.3 Å². The number of thiophene rings is 1. The number of carbonyl (C=O) groups is 1. The Morgan fingerprint density at radius 1 is 1.20 bits per heavy atom. The van der Waals surface area contributed by atoms with Crippen molar-refractivity contribution >= 4 is 43.9 Å². The Labute approximate surface area is 155 Å². The number of piperazine rings is 1. The van der Waals surface area contributed by atoms with E-state index in [0.29, 0.717) is 6.42 Å². The van der Waals surface area contributed by atoms with Crippen LogP contribution in [0.15, 0.2) is 29.6 Å². The topological polar surface area (TPSA) is 36.4 Å². The van der Waals surface area contributed by atoms with E-state index in [9.17, 15) is 4.79 Å². The molecule has 0 spiro atoms. The fourth-order valence-corrected chi connectivity index (χ4v) is 5.20. The Kier molecular flexibility index (Phi) is 4.48. The first-order valence-corrected chi connectivity index (χ1v) is 10.2. The van der Waals surface area contributed by atoms with Gasteiger partial charge in [-0.3, -0.25) is 4.79 Å². The van der Waals surface area contributed by atoms with Gasteiger partial charge in [0.15, 0.2) is 5.13 Å². The van der Waals surface area contributed by atoms with Gasteiger partial charge in [-0.1, -0.05) is 23.5 Å². The number of carbonyl (C=O) groups excluding carboxylic acids is 1. The number of hydrogen-bond donors (Lipinski definition) is 0. The number of nitrogens with zero attached hydrogens (tertiary/aromatic N) is 3. The summed E-state index contributed by atoms with van der Waals surface area (Å²) in [5.74, 6) is 0.234. The molecule has 0 aliphatic carbocycles. The highest BCUT2D eigenvalue weighted by Gasteiger charge is 2.23. The zero-order chi connectivity index (χ0) is 17.4. The molecule has 130 valence electrons. The van der Waals surface area contributed by atoms with Gasteiger partial charge in [-0.05, 0) is 42.5 Å². The maximum Gasteiger partial charge on any atom is 0.227 e. The van der Waals surface area contributed by atoms with Crippen LogP contribution in [0.25, 0.3) is 10.2 Å². The molecule has 1 aromatic carbocycles. The van der Waals surface area contributed by atoms with Crippen molar-refractivity contribution in [1.82, 2.24) is 9.88 Å². The lowest BCUT2D eigenvalue weighted by Crippen LogP contribution is -2.49. The van der Waals surface area contributed by atoms with Crippen LogP contribution in [-0.2, 0) is 11.2 Å². The molecule has 1 saturated heterocycles. The van der Waals surface area contributed by atoms with Crippen LogP contribution in [0.1, 0.15) is 16.0 Å². The number of aromatic nitrogens is 1. The minimum Gasteiger partial charge on any atom is -0.345 e. The standard InChI is InChI=1S/C19H21N3OS2/c1-13-10-14(2)18-16(11-13)25-19(20-18)22-7-5-21(6-8-22)17(23)12-15-4-3-9-24-15/h3-4,9-11H,5-8,12H2,1-2H3. The van der Waals surface area contributed by atoms with E-state index < -0.39 is 0 Å². The molecule has 4 nitrogen and oxygen atoms in total. The second kappa shape index (κ2) is 6.77. The lowest BCUT2D eigenvalue weighted by molar-refractivity contribution is -0.130. The van der Waals surface area contributed by atoms with E-state index in [0.717, 1.165) is 41.7 Å². The highest BCUT2D eigenvalue weighted by molar-refractivity contribution is 7.22. The van der Waals surface area contributed by atoms with Crippen molar-refractivity contribution in [2.75, 3.05) is 31.1 Å². The highest BCUT2D eigenvalue weighted by Crippen LogP contribution is 2.32. The van der Waals surface area contributed by atoms with Gasteiger partial charge >= 0.3 is 0 Å². The molecule has 1 fully saturated rings. The summed E-state index contributed by atoms with van der Waals surface area (Å²) in [6.07, 6.45) is 0.525. The summed E-state index contributed by atoms with van der Waals surface area (Å²) in [6, 6.07) is 8.43. The summed E-state index contributed by atoms with van der Waals surface area (Å²) in [5, 5.41) is 3.10. The van der Waals surface area contributed by atoms with Crippen LogP contribution in [0, 0.1) is 13.8 Å². The summed E-state index contributed by atoms with van der Waals surface area (Å²) in [5.41, 5.74) is 3.63. The fourth-order valence-electron chi connectivity index (χ4n) is 3.32. The first kappa shape index (κ1) is 16.5. The van der Waals surface area contributed by atoms with Gasteiger partial charge in [0.2, 0.25) is 5.91 Å². The second-order valence-corrected chi connectivity index (χ2v) is 8.59. The molecule has 3 heterocycles. The van der Waals surface area contributed by atoms with Crippen molar-refractivity contribution in [2.24, 2.45) is 0 Å². The predicted octanol–water partition coefficient (Wildman–Crippen LogP) is 3.87. The molecule has 0 unspecified atom stereocenters. The average molecular weight is 372 g/mol. The number of aryl methyl sites for hydroxylation is 2. The minimum absolute atomic E-state index is 0.234. The molecule has 25 heavy (non-hydrogen) atoms. The third-order valence-electron chi connectivity index (χ3n) is 4.63. The average Bonchev–Trinajstić information content (AvgIpc) is 3.24. The lowest BCUT2D eigenvalue weighted by Gasteiger charge is -2.34. The Balaban J connectivity index is 1.43. The number of fused-ring (bicyclic) bond motifs is 1. The SMILES string of the molecule is Cc1cc(C)c2nc(N3CCN(C(=O)Cc4cccs4)CC3)sc2c1. The largest absolute Gasteiger partial charge is 0.345 e. The summed E-state index contributed by atoms with van der Waals surface area (Å²) in [4.78, 5) is 22.7. The Morgan fingerprint density at radius 2 is 2.00 bits per heavy atom. The van der Waals surface area contributed by atoms with E-state index in [2.05, 4.69) is 30.9 Å². The fraction of sp³-hybridized carbons (Fsp3) is 0.368. The number of hydrogen-bond acceptors (Lipinski definition) is 5. The molecular weight excluding hydrogens is 350 g/mol. The van der Waals surface area contributed by atoms with Gasteiger partial charge < -0.3 is 9.80 Å². The third-order valence-corrected chi connectivity index (χ3v) is 6.57. The van der Waals surface area contributed by atoms with Crippen LogP contribution >= 0.6 is 22.7 Å². The van der Waals surface area contributed by atoms with E-state index in [4.69, 9.17) is 4.98 Å². The minimum atomic E-state index is 0.234. The van der Waals surface area contributed by atoms with Crippen LogP contribution in [0.5, 0.6) is 0 Å². The smallest absolute Gasteiger partial charge is 0.227 e. The van der Waals surface area contributed by atoms with E-state index in [1.165, 1.54) is 15.8 Å². The van der Waals surface area contributed by atoms with Crippen LogP contribution in [0.2, 0.25) is 0 Å². The molecule has 0 atom stereocenters. The van der Waals surface area contributed by atoms with E-state index in [1.807, 2.05) is 22.4 Å². The molecule has 0 N–H and O–H groups in total. The Hall–Kier alpha value is -1.92. The van der Waals surface area contributed by atoms with Gasteiger partial charge in [0.05, 0.1) is 16.6 Å². The van der Waals surface area contributed by atoms with Crippen LogP contribution in [0.3, 0.4) is 0 Å². The van der Waals surface area contributed by atoms with Gasteiger partial charge in [0.25, 0.3) is 0 Å². The van der Waals surface area contributed by atoms with Crippen molar-refractivity contribution < 1.29 is 4.79 Å². The van der Waals surface area contributed by atoms with E-state index in [1.54, 1.807) is 22.7 Å². The van der Waals surface area contributed by atoms with E-state index >= 15 is 0 Å². The number of thiazole rings is 1. The summed E-state index contributed by atoms with van der Waals surface area (Å²) >= 11 is 3.41. The number of benzene rings is 1.